The van der Waals surface area contributed by atoms with Crippen molar-refractivity contribution >= 4 is 0 Å². The second-order valence-corrected chi connectivity index (χ2v) is 21.4. The number of hydrogen-bond donors (Lipinski definition) is 18. The number of phenols is 14. The Balaban J connectivity index is 1.16. The number of aliphatic hydroxyl groups excluding tert-OH is 4. The summed E-state index contributed by atoms with van der Waals surface area (Å²) in [6, 6.07) is 18.2. The van der Waals surface area contributed by atoms with Gasteiger partial charge in [-0.1, -0.05) is 12.1 Å². The molecule has 18 N–H and O–H groups in total. The highest BCUT2D eigenvalue weighted by Gasteiger charge is 2.66. The Bertz CT molecular complexity index is 4180. The zero-order valence-electron chi connectivity index (χ0n) is 42.7. The third-order valence-electron chi connectivity index (χ3n) is 16.7. The molecule has 8 aromatic carbocycles. The summed E-state index contributed by atoms with van der Waals surface area (Å²) in [6.45, 7) is 0. The monoisotopic (exact) mass is 1150 g/mol. The van der Waals surface area contributed by atoms with E-state index in [2.05, 4.69) is 0 Å². The zero-order valence-corrected chi connectivity index (χ0v) is 42.7. The first-order chi connectivity index (χ1) is 40.0. The van der Waals surface area contributed by atoms with Gasteiger partial charge in [-0.3, -0.25) is 0 Å². The van der Waals surface area contributed by atoms with E-state index < -0.39 is 181 Å². The van der Waals surface area contributed by atoms with Crippen LogP contribution >= 0.6 is 0 Å². The lowest BCUT2D eigenvalue weighted by Gasteiger charge is -2.55. The summed E-state index contributed by atoms with van der Waals surface area (Å²) in [5.74, 6) is -22.7. The normalized spacial score (nSPS) is 26.3. The summed E-state index contributed by atoms with van der Waals surface area (Å²) >= 11 is 0. The highest BCUT2D eigenvalue weighted by Crippen LogP contribution is 2.71. The molecule has 0 saturated carbocycles. The van der Waals surface area contributed by atoms with Crippen molar-refractivity contribution in [1.29, 1.82) is 0 Å². The van der Waals surface area contributed by atoms with Gasteiger partial charge in [0.05, 0.1) is 23.9 Å². The highest BCUT2D eigenvalue weighted by atomic mass is 16.7. The van der Waals surface area contributed by atoms with Crippen molar-refractivity contribution in [1.82, 2.24) is 0 Å². The van der Waals surface area contributed by atoms with Gasteiger partial charge < -0.3 is 120 Å². The van der Waals surface area contributed by atoms with E-state index in [-0.39, 0.29) is 67.1 Å². The summed E-state index contributed by atoms with van der Waals surface area (Å²) in [5.41, 5.74) is -2.63. The fraction of sp³-hybridized carbons (Fsp3) is 0.200. The summed E-state index contributed by atoms with van der Waals surface area (Å²) in [7, 11) is 0. The predicted octanol–water partition coefficient (Wildman–Crippen LogP) is 5.49. The molecule has 0 aromatic heterocycles. The van der Waals surface area contributed by atoms with E-state index in [1.807, 2.05) is 0 Å². The largest absolute Gasteiger partial charge is 0.508 e. The SMILES string of the molecule is Oc1cc(O)c2c(c1)O[C@@]1(c3ccc(O)c(O)c3)Oc3c4c(c5c(c3[C@@H]2[C@H]1O)O[C@]1(c2ccc(O)c(O)c2)Oc2cc(O)cc(O)c2[C@H]5[C@H]1O)O[C@@H](c1ccc(O)c(O)c1)[C@H](O)[C@H]4c1c(O)cc(O)c2c1O[C@H](c1ccc(O)c(O)c1)[C@H](O)C2. The third-order valence-corrected chi connectivity index (χ3v) is 16.7. The Morgan fingerprint density at radius 2 is 0.750 bits per heavy atom. The number of aromatic hydroxyl groups is 14. The van der Waals surface area contributed by atoms with Gasteiger partial charge >= 0.3 is 11.6 Å². The van der Waals surface area contributed by atoms with Crippen LogP contribution in [0.4, 0.5) is 0 Å². The smallest absolute Gasteiger partial charge is 0.305 e. The van der Waals surface area contributed by atoms with E-state index >= 15 is 0 Å². The van der Waals surface area contributed by atoms with Crippen molar-refractivity contribution in [3.8, 4) is 115 Å². The van der Waals surface area contributed by atoms with Crippen LogP contribution in [0.2, 0.25) is 0 Å². The van der Waals surface area contributed by atoms with Crippen LogP contribution in [0, 0.1) is 0 Å². The maximum Gasteiger partial charge on any atom is 0.305 e. The van der Waals surface area contributed by atoms with Crippen LogP contribution < -0.4 is 28.4 Å². The average Bonchev–Trinajstić information content (AvgIpc) is 1.10. The molecule has 8 aromatic rings. The lowest BCUT2D eigenvalue weighted by Crippen LogP contribution is -2.60. The molecule has 84 heavy (non-hydrogen) atoms. The molecule has 0 fully saturated rings. The van der Waals surface area contributed by atoms with E-state index in [0.717, 1.165) is 78.9 Å². The van der Waals surface area contributed by atoms with E-state index in [0.29, 0.717) is 0 Å². The molecule has 6 heterocycles. The summed E-state index contributed by atoms with van der Waals surface area (Å²) < 4.78 is 41.0. The number of hydrogen-bond acceptors (Lipinski definition) is 24. The number of aliphatic hydroxyl groups is 4. The quantitative estimate of drug-likeness (QED) is 0.0947. The maximum atomic E-state index is 13.5. The second kappa shape index (κ2) is 17.6. The minimum atomic E-state index is -2.69. The van der Waals surface area contributed by atoms with E-state index in [1.54, 1.807) is 0 Å². The summed E-state index contributed by atoms with van der Waals surface area (Å²) in [5, 5.41) is 208. The molecule has 0 unspecified atom stereocenters. The molecule has 0 spiro atoms. The van der Waals surface area contributed by atoms with Crippen LogP contribution in [-0.4, -0.2) is 116 Å². The molecule has 6 aliphatic heterocycles. The van der Waals surface area contributed by atoms with Gasteiger partial charge in [0.15, 0.2) is 52.1 Å². The van der Waals surface area contributed by atoms with Gasteiger partial charge in [0.25, 0.3) is 0 Å². The molecule has 24 heteroatoms. The number of benzene rings is 8. The lowest BCUT2D eigenvalue weighted by molar-refractivity contribution is -0.228. The fourth-order valence-electron chi connectivity index (χ4n) is 12.9. The molecule has 0 amide bonds. The van der Waals surface area contributed by atoms with Crippen LogP contribution in [0.1, 0.15) is 91.2 Å². The van der Waals surface area contributed by atoms with Crippen molar-refractivity contribution in [2.24, 2.45) is 0 Å². The molecule has 0 aliphatic carbocycles. The van der Waals surface area contributed by atoms with Crippen molar-refractivity contribution in [2.45, 2.75) is 72.4 Å². The molecule has 14 rings (SSSR count). The maximum absolute atomic E-state index is 13.5. The third kappa shape index (κ3) is 7.01. The van der Waals surface area contributed by atoms with Crippen LogP contribution in [0.25, 0.3) is 0 Å². The van der Waals surface area contributed by atoms with Gasteiger partial charge in [-0.25, -0.2) is 0 Å². The fourth-order valence-corrected chi connectivity index (χ4v) is 12.9. The first kappa shape index (κ1) is 51.7. The van der Waals surface area contributed by atoms with Gasteiger partial charge in [-0.15, -0.1) is 0 Å². The van der Waals surface area contributed by atoms with Crippen molar-refractivity contribution in [2.75, 3.05) is 0 Å². The second-order valence-electron chi connectivity index (χ2n) is 21.4. The molecular weight excluding hydrogens is 1100 g/mol. The van der Waals surface area contributed by atoms with Gasteiger partial charge in [0.1, 0.15) is 93.4 Å². The standard InChI is InChI=1S/C60H46O24/c61-23-13-35(72)41-39(15-23)81-59(21-3-7-28(65)33(70)11-21)57(77)45(41)48-54-47(55-49(56(48)84-59)46-42-36(73)14-24(62)16-40(42)82-60(83-55,58(46)78)22-4-8-29(66)34(71)12-22)44(50(76)52(80-54)20-2-6-27(64)32(69)10-20)43-37(74)18-30(67)25-17-38(75)51(79-53(25)43)19-1-5-26(63)31(68)9-19/h1-16,18,38,44-46,50-52,57-58,61-78H,17H2/t38-,44+,45-,46-,50-,51-,52+,57-,58-,59+,60+/m1/s1. The van der Waals surface area contributed by atoms with Crippen LogP contribution in [-0.2, 0) is 18.0 Å². The van der Waals surface area contributed by atoms with Gasteiger partial charge in [0, 0.05) is 86.8 Å². The number of ether oxygens (including phenoxy) is 6. The number of rotatable bonds is 5. The average molecular weight is 1150 g/mol. The lowest BCUT2D eigenvalue weighted by atomic mass is 9.67. The molecule has 430 valence electrons. The van der Waals surface area contributed by atoms with Crippen LogP contribution in [0.3, 0.4) is 0 Å². The highest BCUT2D eigenvalue weighted by molar-refractivity contribution is 5.78. The Morgan fingerprint density at radius 1 is 0.333 bits per heavy atom. The zero-order chi connectivity index (χ0) is 59.1. The molecule has 11 atom stereocenters. The summed E-state index contributed by atoms with van der Waals surface area (Å²) in [4.78, 5) is 0. The number of phenolic OH excluding ortho intramolecular Hbond substituents is 14. The van der Waals surface area contributed by atoms with Crippen molar-refractivity contribution < 1.29 is 120 Å². The predicted molar refractivity (Wildman–Crippen MR) is 281 cm³/mol. The molecule has 0 saturated heterocycles. The topological polar surface area (TPSA) is 420 Å². The molecule has 24 nitrogen and oxygen atoms in total. The first-order valence-electron chi connectivity index (χ1n) is 25.8. The van der Waals surface area contributed by atoms with E-state index in [4.69, 9.17) is 28.4 Å². The minimum Gasteiger partial charge on any atom is -0.508 e. The van der Waals surface area contributed by atoms with Crippen LogP contribution in [0.15, 0.2) is 103 Å². The van der Waals surface area contributed by atoms with Crippen molar-refractivity contribution in [3.05, 3.63) is 164 Å². The number of fused-ring (bicyclic) bond motifs is 17. The Labute approximate surface area is 470 Å². The van der Waals surface area contributed by atoms with Gasteiger partial charge in [0.2, 0.25) is 0 Å². The Kier molecular flexibility index (Phi) is 10.8. The Morgan fingerprint density at radius 3 is 1.23 bits per heavy atom. The van der Waals surface area contributed by atoms with Crippen LogP contribution in [0.5, 0.6) is 115 Å². The van der Waals surface area contributed by atoms with Crippen molar-refractivity contribution in [3.63, 3.8) is 0 Å². The van der Waals surface area contributed by atoms with E-state index in [1.165, 1.54) is 24.3 Å². The molecular formula is C60H46O24. The Hall–Kier alpha value is -10.4. The summed E-state index contributed by atoms with van der Waals surface area (Å²) in [6.07, 6.45) is -11.6. The minimum absolute atomic E-state index is 0.0699. The van der Waals surface area contributed by atoms with Gasteiger partial charge in [-0.2, -0.15) is 0 Å². The van der Waals surface area contributed by atoms with E-state index in [9.17, 15) is 91.9 Å². The first-order valence-corrected chi connectivity index (χ1v) is 25.8. The molecule has 6 aliphatic rings. The van der Waals surface area contributed by atoms with Gasteiger partial charge in [-0.05, 0) is 71.8 Å². The molecule has 4 bridgehead atoms. The molecule has 0 radical (unpaired) electrons.